The number of thiazole rings is 1. The molecule has 0 aliphatic carbocycles. The van der Waals surface area contributed by atoms with Crippen LogP contribution in [-0.4, -0.2) is 23.3 Å². The Morgan fingerprint density at radius 1 is 1.26 bits per heavy atom. The second-order valence-corrected chi connectivity index (χ2v) is 8.20. The minimum absolute atomic E-state index is 0.148. The minimum atomic E-state index is -0.487. The number of amides is 1. The number of ether oxygens (including phenoxy) is 1. The van der Waals surface area contributed by atoms with Crippen LogP contribution in [0.5, 0.6) is 5.75 Å². The minimum Gasteiger partial charge on any atom is -0.492 e. The summed E-state index contributed by atoms with van der Waals surface area (Å²) in [5.74, 6) is -0.532. The molecule has 0 atom stereocenters. The molecule has 0 N–H and O–H groups in total. The van der Waals surface area contributed by atoms with Gasteiger partial charge in [0.05, 0.1) is 23.6 Å². The zero-order chi connectivity index (χ0) is 22.1. The van der Waals surface area contributed by atoms with Crippen molar-refractivity contribution in [1.29, 1.82) is 0 Å². The lowest BCUT2D eigenvalue weighted by atomic mass is 10.0. The van der Waals surface area contributed by atoms with Gasteiger partial charge in [-0.05, 0) is 55.3 Å². The van der Waals surface area contributed by atoms with Crippen LogP contribution in [0.3, 0.4) is 0 Å². The van der Waals surface area contributed by atoms with Crippen LogP contribution < -0.4 is 9.64 Å². The predicted octanol–water partition coefficient (Wildman–Crippen LogP) is 5.63. The molecule has 5 nitrogen and oxygen atoms in total. The van der Waals surface area contributed by atoms with Gasteiger partial charge in [0.1, 0.15) is 11.6 Å². The zero-order valence-corrected chi connectivity index (χ0v) is 18.3. The number of rotatable bonds is 3. The summed E-state index contributed by atoms with van der Waals surface area (Å²) in [6, 6.07) is 9.74. The van der Waals surface area contributed by atoms with Crippen molar-refractivity contribution in [3.63, 3.8) is 0 Å². The highest BCUT2D eigenvalue weighted by atomic mass is 32.1. The third kappa shape index (κ3) is 4.14. The summed E-state index contributed by atoms with van der Waals surface area (Å²) >= 11 is 1.33. The van der Waals surface area contributed by atoms with Crippen molar-refractivity contribution in [3.8, 4) is 5.75 Å². The average molecular weight is 437 g/mol. The Morgan fingerprint density at radius 2 is 2.06 bits per heavy atom. The molecule has 1 aromatic heterocycles. The molecule has 0 bridgehead atoms. The fourth-order valence-electron chi connectivity index (χ4n) is 3.51. The third-order valence-electron chi connectivity index (χ3n) is 5.26. The van der Waals surface area contributed by atoms with Crippen molar-refractivity contribution in [3.05, 3.63) is 75.6 Å². The topological polar surface area (TPSA) is 59.5 Å². The largest absolute Gasteiger partial charge is 0.492 e. The molecule has 0 unspecified atom stereocenters. The standard InChI is InChI=1S/C24H21FN2O3S/c1-14-5-4-6-21(15(14)2)27(16(3)28)24-26-19(13-31-24)11-17-9-10-30-22-8-7-18(25)12-20(22)23(17)29/h4-8,11-13H,9-10H2,1-3H3/b17-11+. The Labute approximate surface area is 183 Å². The van der Waals surface area contributed by atoms with Gasteiger partial charge in [0, 0.05) is 24.3 Å². The van der Waals surface area contributed by atoms with E-state index in [2.05, 4.69) is 4.98 Å². The van der Waals surface area contributed by atoms with E-state index in [1.807, 2.05) is 32.0 Å². The highest BCUT2D eigenvalue weighted by molar-refractivity contribution is 7.14. The normalized spacial score (nSPS) is 14.7. The molecule has 2 aromatic carbocycles. The van der Waals surface area contributed by atoms with Gasteiger partial charge in [-0.15, -0.1) is 11.3 Å². The summed E-state index contributed by atoms with van der Waals surface area (Å²) in [6.45, 7) is 5.78. The number of anilines is 2. The van der Waals surface area contributed by atoms with Crippen LogP contribution >= 0.6 is 11.3 Å². The van der Waals surface area contributed by atoms with Gasteiger partial charge in [-0.1, -0.05) is 12.1 Å². The fourth-order valence-corrected chi connectivity index (χ4v) is 4.35. The van der Waals surface area contributed by atoms with Gasteiger partial charge in [-0.25, -0.2) is 9.37 Å². The van der Waals surface area contributed by atoms with E-state index in [4.69, 9.17) is 4.74 Å². The van der Waals surface area contributed by atoms with Crippen molar-refractivity contribution in [2.24, 2.45) is 0 Å². The van der Waals surface area contributed by atoms with E-state index in [1.54, 1.807) is 16.4 Å². The summed E-state index contributed by atoms with van der Waals surface area (Å²) in [5, 5.41) is 2.33. The molecule has 31 heavy (non-hydrogen) atoms. The van der Waals surface area contributed by atoms with Crippen molar-refractivity contribution < 1.29 is 18.7 Å². The molecule has 0 spiro atoms. The monoisotopic (exact) mass is 436 g/mol. The summed E-state index contributed by atoms with van der Waals surface area (Å²) in [6.07, 6.45) is 2.07. The number of ketones is 1. The number of aromatic nitrogens is 1. The number of carbonyl (C=O) groups excluding carboxylic acids is 2. The van der Waals surface area contributed by atoms with Crippen LogP contribution in [0.15, 0.2) is 47.4 Å². The summed E-state index contributed by atoms with van der Waals surface area (Å²) in [4.78, 5) is 31.6. The first-order chi connectivity index (χ1) is 14.8. The molecule has 3 aromatic rings. The molecule has 0 radical (unpaired) electrons. The molecule has 0 saturated carbocycles. The lowest BCUT2D eigenvalue weighted by Gasteiger charge is -2.21. The summed E-state index contributed by atoms with van der Waals surface area (Å²) in [5.41, 5.74) is 4.13. The van der Waals surface area contributed by atoms with Crippen LogP contribution in [-0.2, 0) is 4.79 Å². The Balaban J connectivity index is 1.69. The molecule has 158 valence electrons. The number of halogens is 1. The Bertz CT molecular complexity index is 1220. The highest BCUT2D eigenvalue weighted by Gasteiger charge is 2.23. The summed E-state index contributed by atoms with van der Waals surface area (Å²) < 4.78 is 19.3. The van der Waals surface area contributed by atoms with Gasteiger partial charge in [0.15, 0.2) is 10.9 Å². The molecule has 1 aliphatic heterocycles. The molecule has 0 saturated heterocycles. The predicted molar refractivity (Wildman–Crippen MR) is 120 cm³/mol. The Kier molecular flexibility index (Phi) is 5.69. The number of fused-ring (bicyclic) bond motifs is 1. The number of hydrogen-bond acceptors (Lipinski definition) is 5. The van der Waals surface area contributed by atoms with Crippen molar-refractivity contribution >= 4 is 39.9 Å². The van der Waals surface area contributed by atoms with Gasteiger partial charge in [0.25, 0.3) is 0 Å². The number of aryl methyl sites for hydroxylation is 1. The molecule has 1 aliphatic rings. The Hall–Kier alpha value is -3.32. The SMILES string of the molecule is CC(=O)N(c1nc(/C=C2\CCOc3ccc(F)cc3C2=O)cs1)c1cccc(C)c1C. The van der Waals surface area contributed by atoms with E-state index in [-0.39, 0.29) is 17.3 Å². The van der Waals surface area contributed by atoms with Gasteiger partial charge < -0.3 is 4.74 Å². The second-order valence-electron chi connectivity index (χ2n) is 7.37. The first-order valence-corrected chi connectivity index (χ1v) is 10.7. The number of Topliss-reactive ketones (excluding diaryl/α,β-unsaturated/α-hetero) is 1. The average Bonchev–Trinajstić information content (AvgIpc) is 3.12. The quantitative estimate of drug-likeness (QED) is 0.499. The first-order valence-electron chi connectivity index (χ1n) is 9.85. The number of hydrogen-bond donors (Lipinski definition) is 0. The molecular formula is C24H21FN2O3S. The van der Waals surface area contributed by atoms with Crippen LogP contribution in [0.1, 0.15) is 40.5 Å². The maximum Gasteiger partial charge on any atom is 0.230 e. The van der Waals surface area contributed by atoms with Crippen LogP contribution in [0.2, 0.25) is 0 Å². The smallest absolute Gasteiger partial charge is 0.230 e. The third-order valence-corrected chi connectivity index (χ3v) is 6.11. The van der Waals surface area contributed by atoms with E-state index >= 15 is 0 Å². The van der Waals surface area contributed by atoms with Crippen molar-refractivity contribution in [2.45, 2.75) is 27.2 Å². The summed E-state index contributed by atoms with van der Waals surface area (Å²) in [7, 11) is 0. The number of benzene rings is 2. The van der Waals surface area contributed by atoms with Crippen LogP contribution in [0.4, 0.5) is 15.2 Å². The van der Waals surface area contributed by atoms with E-state index in [1.165, 1.54) is 36.5 Å². The lowest BCUT2D eigenvalue weighted by Crippen LogP contribution is -2.23. The Morgan fingerprint density at radius 3 is 2.84 bits per heavy atom. The van der Waals surface area contributed by atoms with Crippen molar-refractivity contribution in [1.82, 2.24) is 4.98 Å². The van der Waals surface area contributed by atoms with Gasteiger partial charge in [-0.3, -0.25) is 14.5 Å². The van der Waals surface area contributed by atoms with Crippen LogP contribution in [0.25, 0.3) is 6.08 Å². The van der Waals surface area contributed by atoms with E-state index in [0.717, 1.165) is 16.8 Å². The first kappa shape index (κ1) is 20.9. The second kappa shape index (κ2) is 8.43. The van der Waals surface area contributed by atoms with Gasteiger partial charge >= 0.3 is 0 Å². The lowest BCUT2D eigenvalue weighted by molar-refractivity contribution is -0.115. The molecule has 2 heterocycles. The highest BCUT2D eigenvalue weighted by Crippen LogP contribution is 2.34. The maximum atomic E-state index is 13.7. The van der Waals surface area contributed by atoms with Gasteiger partial charge in [0.2, 0.25) is 5.91 Å². The van der Waals surface area contributed by atoms with E-state index in [0.29, 0.717) is 35.2 Å². The van der Waals surface area contributed by atoms with E-state index in [9.17, 15) is 14.0 Å². The zero-order valence-electron chi connectivity index (χ0n) is 17.4. The van der Waals surface area contributed by atoms with Gasteiger partial charge in [-0.2, -0.15) is 0 Å². The van der Waals surface area contributed by atoms with Crippen molar-refractivity contribution in [2.75, 3.05) is 11.5 Å². The molecule has 4 rings (SSSR count). The van der Waals surface area contributed by atoms with Crippen LogP contribution in [0, 0.1) is 19.7 Å². The van der Waals surface area contributed by atoms with E-state index < -0.39 is 5.82 Å². The molecular weight excluding hydrogens is 415 g/mol. The number of carbonyl (C=O) groups is 2. The molecule has 1 amide bonds. The number of nitrogens with zero attached hydrogens (tertiary/aromatic N) is 2. The molecule has 0 fully saturated rings. The fraction of sp³-hybridized carbons (Fsp3) is 0.208. The molecule has 7 heteroatoms. The maximum absolute atomic E-state index is 13.7.